The number of carbonyl (C=O) groups is 2. The molecule has 1 N–H and O–H groups in total. The van der Waals surface area contributed by atoms with Gasteiger partial charge in [-0.2, -0.15) is 4.31 Å². The van der Waals surface area contributed by atoms with Crippen LogP contribution in [-0.4, -0.2) is 72.8 Å². The lowest BCUT2D eigenvalue weighted by Gasteiger charge is -2.34. The van der Waals surface area contributed by atoms with Gasteiger partial charge in [-0.1, -0.05) is 42.8 Å². The summed E-state index contributed by atoms with van der Waals surface area (Å²) in [7, 11) is -3.26. The Bertz CT molecular complexity index is 1500. The molecule has 3 aromatic rings. The van der Waals surface area contributed by atoms with Crippen molar-refractivity contribution in [2.24, 2.45) is 0 Å². The largest absolute Gasteiger partial charge is 0.484 e. The van der Waals surface area contributed by atoms with Crippen molar-refractivity contribution < 1.29 is 22.7 Å². The molecule has 37 heavy (non-hydrogen) atoms. The Balaban J connectivity index is 1.31. The highest BCUT2D eigenvalue weighted by Gasteiger charge is 2.40. The van der Waals surface area contributed by atoms with Gasteiger partial charge in [0.05, 0.1) is 11.3 Å². The molecule has 196 valence electrons. The number of fused-ring (bicyclic) bond motifs is 4. The van der Waals surface area contributed by atoms with Crippen LogP contribution in [0.15, 0.2) is 40.9 Å². The zero-order chi connectivity index (χ0) is 26.5. The molecule has 0 spiro atoms. The number of sulfonamides is 1. The quantitative estimate of drug-likeness (QED) is 0.468. The number of carbonyl (C=O) groups excluding carboxylic acids is 2. The van der Waals surface area contributed by atoms with Gasteiger partial charge < -0.3 is 14.6 Å². The van der Waals surface area contributed by atoms with Crippen LogP contribution < -0.4 is 4.74 Å². The van der Waals surface area contributed by atoms with Crippen LogP contribution in [-0.2, 0) is 20.2 Å². The van der Waals surface area contributed by atoms with E-state index in [4.69, 9.17) is 4.74 Å². The molecule has 0 bridgehead atoms. The van der Waals surface area contributed by atoms with E-state index >= 15 is 0 Å². The molecule has 1 amide bonds. The SMILES string of the molecule is CCCS(=O)(=O)N1CCN(C(=O)COc2ccc3c(c2)C(C)(C)c2[nH]c4cc(Br)ccc4c2C3=O)CC1. The molecule has 1 fully saturated rings. The normalized spacial score (nSPS) is 17.5. The van der Waals surface area contributed by atoms with Gasteiger partial charge in [-0.05, 0) is 42.3 Å². The van der Waals surface area contributed by atoms with Gasteiger partial charge in [0.2, 0.25) is 10.0 Å². The minimum atomic E-state index is -3.26. The zero-order valence-electron chi connectivity index (χ0n) is 21.1. The number of H-pyrrole nitrogens is 1. The van der Waals surface area contributed by atoms with Crippen molar-refractivity contribution in [2.45, 2.75) is 32.6 Å². The molecular formula is C27H30BrN3O5S. The maximum Gasteiger partial charge on any atom is 0.260 e. The summed E-state index contributed by atoms with van der Waals surface area (Å²) in [5.41, 5.74) is 3.46. The van der Waals surface area contributed by atoms with Crippen molar-refractivity contribution in [3.8, 4) is 5.75 Å². The van der Waals surface area contributed by atoms with Gasteiger partial charge in [-0.3, -0.25) is 9.59 Å². The molecule has 1 aliphatic carbocycles. The minimum Gasteiger partial charge on any atom is -0.484 e. The molecule has 1 aromatic heterocycles. The van der Waals surface area contributed by atoms with Crippen LogP contribution in [0.3, 0.4) is 0 Å². The lowest BCUT2D eigenvalue weighted by Crippen LogP contribution is -2.52. The zero-order valence-corrected chi connectivity index (χ0v) is 23.5. The van der Waals surface area contributed by atoms with Crippen LogP contribution in [0, 0.1) is 0 Å². The van der Waals surface area contributed by atoms with Crippen molar-refractivity contribution in [2.75, 3.05) is 38.5 Å². The third kappa shape index (κ3) is 4.59. The average molecular weight is 589 g/mol. The van der Waals surface area contributed by atoms with Crippen molar-refractivity contribution in [3.05, 3.63) is 63.3 Å². The number of amides is 1. The van der Waals surface area contributed by atoms with Crippen LogP contribution >= 0.6 is 15.9 Å². The Morgan fingerprint density at radius 1 is 1.11 bits per heavy atom. The predicted octanol–water partition coefficient (Wildman–Crippen LogP) is 4.06. The van der Waals surface area contributed by atoms with Crippen molar-refractivity contribution in [3.63, 3.8) is 0 Å². The Kier molecular flexibility index (Phi) is 6.70. The number of hydrogen-bond acceptors (Lipinski definition) is 5. The summed E-state index contributed by atoms with van der Waals surface area (Å²) < 4.78 is 32.8. The maximum absolute atomic E-state index is 13.5. The lowest BCUT2D eigenvalue weighted by atomic mass is 9.71. The van der Waals surface area contributed by atoms with Gasteiger partial charge in [0.1, 0.15) is 5.75 Å². The third-order valence-corrected chi connectivity index (χ3v) is 9.90. The fraction of sp³-hybridized carbons (Fsp3) is 0.407. The van der Waals surface area contributed by atoms with Crippen molar-refractivity contribution in [1.29, 1.82) is 0 Å². The molecule has 0 saturated carbocycles. The van der Waals surface area contributed by atoms with E-state index in [1.165, 1.54) is 4.31 Å². The fourth-order valence-electron chi connectivity index (χ4n) is 5.31. The third-order valence-electron chi connectivity index (χ3n) is 7.33. The number of rotatable bonds is 6. The number of nitrogens with zero attached hydrogens (tertiary/aromatic N) is 2. The summed E-state index contributed by atoms with van der Waals surface area (Å²) in [6.45, 7) is 7.11. The monoisotopic (exact) mass is 587 g/mol. The lowest BCUT2D eigenvalue weighted by molar-refractivity contribution is -0.134. The number of ether oxygens (including phenoxy) is 1. The number of ketones is 1. The summed E-state index contributed by atoms with van der Waals surface area (Å²) in [4.78, 5) is 31.4. The molecule has 0 atom stereocenters. The summed E-state index contributed by atoms with van der Waals surface area (Å²) in [5.74, 6) is 0.415. The second-order valence-corrected chi connectivity index (χ2v) is 13.1. The predicted molar refractivity (Wildman–Crippen MR) is 146 cm³/mol. The smallest absolute Gasteiger partial charge is 0.260 e. The highest BCUT2D eigenvalue weighted by atomic mass is 79.9. The number of piperazine rings is 1. The molecule has 2 aromatic carbocycles. The van der Waals surface area contributed by atoms with E-state index in [-0.39, 0.29) is 24.1 Å². The van der Waals surface area contributed by atoms with Gasteiger partial charge in [0.25, 0.3) is 5.91 Å². The molecule has 2 aliphatic rings. The van der Waals surface area contributed by atoms with E-state index in [2.05, 4.69) is 34.8 Å². The molecule has 2 heterocycles. The summed E-state index contributed by atoms with van der Waals surface area (Å²) in [5, 5.41) is 0.899. The second-order valence-electron chi connectivity index (χ2n) is 10.1. The molecule has 10 heteroatoms. The Morgan fingerprint density at radius 2 is 1.84 bits per heavy atom. The molecule has 5 rings (SSSR count). The van der Waals surface area contributed by atoms with E-state index in [0.717, 1.165) is 26.6 Å². The summed E-state index contributed by atoms with van der Waals surface area (Å²) in [6.07, 6.45) is 0.567. The average Bonchev–Trinajstić information content (AvgIpc) is 3.26. The first-order valence-electron chi connectivity index (χ1n) is 12.4. The van der Waals surface area contributed by atoms with Crippen LogP contribution in [0.1, 0.15) is 54.4 Å². The number of halogens is 1. The summed E-state index contributed by atoms with van der Waals surface area (Å²) in [6, 6.07) is 11.2. The molecule has 0 radical (unpaired) electrons. The first kappa shape index (κ1) is 25.9. The Hall–Kier alpha value is -2.69. The Labute approximate surface area is 225 Å². The number of nitrogens with one attached hydrogen (secondary N) is 1. The van der Waals surface area contributed by atoms with Crippen LogP contribution in [0.4, 0.5) is 0 Å². The first-order valence-corrected chi connectivity index (χ1v) is 14.8. The van der Waals surface area contributed by atoms with Crippen molar-refractivity contribution in [1.82, 2.24) is 14.2 Å². The number of benzene rings is 2. The molecule has 1 aliphatic heterocycles. The second kappa shape index (κ2) is 9.56. The van der Waals surface area contributed by atoms with Gasteiger partial charge >= 0.3 is 0 Å². The van der Waals surface area contributed by atoms with Gasteiger partial charge in [0, 0.05) is 58.2 Å². The molecule has 1 saturated heterocycles. The van der Waals surface area contributed by atoms with Crippen LogP contribution in [0.25, 0.3) is 10.9 Å². The highest BCUT2D eigenvalue weighted by molar-refractivity contribution is 9.10. The van der Waals surface area contributed by atoms with Crippen LogP contribution in [0.5, 0.6) is 5.75 Å². The number of aromatic amines is 1. The molecular weight excluding hydrogens is 558 g/mol. The number of hydrogen-bond donors (Lipinski definition) is 1. The van der Waals surface area contributed by atoms with E-state index in [1.54, 1.807) is 17.0 Å². The van der Waals surface area contributed by atoms with E-state index < -0.39 is 15.4 Å². The summed E-state index contributed by atoms with van der Waals surface area (Å²) >= 11 is 3.50. The fourth-order valence-corrected chi connectivity index (χ4v) is 7.17. The van der Waals surface area contributed by atoms with Gasteiger partial charge in [-0.15, -0.1) is 0 Å². The minimum absolute atomic E-state index is 0.0311. The van der Waals surface area contributed by atoms with E-state index in [0.29, 0.717) is 49.5 Å². The van der Waals surface area contributed by atoms with Gasteiger partial charge in [0.15, 0.2) is 12.4 Å². The Morgan fingerprint density at radius 3 is 2.54 bits per heavy atom. The number of aromatic nitrogens is 1. The molecule has 8 nitrogen and oxygen atoms in total. The van der Waals surface area contributed by atoms with Crippen molar-refractivity contribution >= 4 is 48.5 Å². The van der Waals surface area contributed by atoms with E-state index in [9.17, 15) is 18.0 Å². The first-order chi connectivity index (χ1) is 17.5. The van der Waals surface area contributed by atoms with E-state index in [1.807, 2.05) is 31.2 Å². The molecule has 0 unspecified atom stereocenters. The van der Waals surface area contributed by atoms with Crippen LogP contribution in [0.2, 0.25) is 0 Å². The topological polar surface area (TPSA) is 99.8 Å². The highest BCUT2D eigenvalue weighted by Crippen LogP contribution is 2.44. The standard InChI is InChI=1S/C27H30BrN3O5S/c1-4-13-37(34,35)31-11-9-30(10-12-31)23(32)16-36-18-6-8-19-21(15-18)27(2,3)26-24(25(19)33)20-7-5-17(28)14-22(20)29-26/h5-8,14-15,29H,4,9-13,16H2,1-3H3. The maximum atomic E-state index is 13.5. The van der Waals surface area contributed by atoms with Gasteiger partial charge in [-0.25, -0.2) is 8.42 Å².